The molecule has 0 aliphatic rings. The minimum atomic E-state index is -0.116. The van der Waals surface area contributed by atoms with Crippen LogP contribution < -0.4 is 5.32 Å². The largest absolute Gasteiger partial charge is 0.375 e. The molecule has 1 atom stereocenters. The maximum absolute atomic E-state index is 11.8. The van der Waals surface area contributed by atoms with Crippen molar-refractivity contribution in [2.45, 2.75) is 13.0 Å². The smallest absolute Gasteiger partial charge is 0.272 e. The molecule has 0 aromatic carbocycles. The van der Waals surface area contributed by atoms with Gasteiger partial charge in [0.1, 0.15) is 11.5 Å². The van der Waals surface area contributed by atoms with Crippen molar-refractivity contribution in [2.75, 3.05) is 19.4 Å². The van der Waals surface area contributed by atoms with Crippen LogP contribution in [0.3, 0.4) is 0 Å². The second-order valence-corrected chi connectivity index (χ2v) is 4.47. The maximum Gasteiger partial charge on any atom is 0.272 e. The Bertz CT molecular complexity index is 550. The number of rotatable bonds is 4. The number of aromatic nitrogens is 3. The van der Waals surface area contributed by atoms with Crippen molar-refractivity contribution < 1.29 is 4.79 Å². The fourth-order valence-corrected chi connectivity index (χ4v) is 1.70. The van der Waals surface area contributed by atoms with E-state index in [2.05, 4.69) is 20.3 Å². The highest BCUT2D eigenvalue weighted by molar-refractivity contribution is 5.92. The van der Waals surface area contributed by atoms with E-state index >= 15 is 0 Å². The Labute approximate surface area is 111 Å². The predicted octanol–water partition coefficient (Wildman–Crippen LogP) is 1.68. The summed E-state index contributed by atoms with van der Waals surface area (Å²) in [6.45, 7) is 1.99. The van der Waals surface area contributed by atoms with E-state index in [4.69, 9.17) is 0 Å². The van der Waals surface area contributed by atoms with Crippen molar-refractivity contribution in [2.24, 2.45) is 0 Å². The first kappa shape index (κ1) is 13.1. The molecule has 2 rings (SSSR count). The van der Waals surface area contributed by atoms with Gasteiger partial charge in [-0.2, -0.15) is 0 Å². The third-order valence-electron chi connectivity index (χ3n) is 2.70. The Kier molecular flexibility index (Phi) is 3.79. The van der Waals surface area contributed by atoms with Crippen molar-refractivity contribution in [3.63, 3.8) is 0 Å². The van der Waals surface area contributed by atoms with Gasteiger partial charge >= 0.3 is 0 Å². The Morgan fingerprint density at radius 2 is 2.16 bits per heavy atom. The number of carbonyl (C=O) groups excluding carboxylic acids is 1. The number of hydrogen-bond acceptors (Lipinski definition) is 4. The van der Waals surface area contributed by atoms with Gasteiger partial charge in [-0.05, 0) is 19.1 Å². The molecule has 1 unspecified atom stereocenters. The zero-order valence-corrected chi connectivity index (χ0v) is 11.2. The second-order valence-electron chi connectivity index (χ2n) is 4.47. The first-order chi connectivity index (χ1) is 9.08. The highest BCUT2D eigenvalue weighted by atomic mass is 16.2. The molecule has 0 fully saturated rings. The normalized spacial score (nSPS) is 11.9. The molecule has 6 heteroatoms. The lowest BCUT2D eigenvalue weighted by molar-refractivity contribution is 0.0822. The van der Waals surface area contributed by atoms with Crippen LogP contribution in [0.5, 0.6) is 0 Å². The van der Waals surface area contributed by atoms with Crippen molar-refractivity contribution in [3.8, 4) is 0 Å². The van der Waals surface area contributed by atoms with Crippen LogP contribution in [0, 0.1) is 0 Å². The van der Waals surface area contributed by atoms with Gasteiger partial charge in [-0.1, -0.05) is 0 Å². The molecule has 0 aliphatic carbocycles. The summed E-state index contributed by atoms with van der Waals surface area (Å²) in [6, 6.07) is 3.59. The number of H-pyrrole nitrogens is 1. The van der Waals surface area contributed by atoms with Crippen LogP contribution >= 0.6 is 0 Å². The van der Waals surface area contributed by atoms with Gasteiger partial charge in [0, 0.05) is 38.4 Å². The molecule has 0 bridgehead atoms. The standard InChI is InChI=1S/C13H17N5O/c1-9(12-15-6-7-16-12)17-10-4-5-14-11(8-10)13(19)18(2)3/h4-9H,1-3H3,(H,14,17)(H,15,16). The summed E-state index contributed by atoms with van der Waals surface area (Å²) in [7, 11) is 3.41. The van der Waals surface area contributed by atoms with Crippen molar-refractivity contribution in [3.05, 3.63) is 42.2 Å². The lowest BCUT2D eigenvalue weighted by Crippen LogP contribution is -2.22. The van der Waals surface area contributed by atoms with Gasteiger partial charge in [0.25, 0.3) is 5.91 Å². The SMILES string of the molecule is CC(Nc1ccnc(C(=O)N(C)C)c1)c1ncc[nH]1. The number of imidazole rings is 1. The van der Waals surface area contributed by atoms with Crippen LogP contribution in [0.1, 0.15) is 29.3 Å². The predicted molar refractivity (Wildman–Crippen MR) is 72.9 cm³/mol. The first-order valence-electron chi connectivity index (χ1n) is 6.01. The molecule has 1 amide bonds. The molecule has 2 heterocycles. The Balaban J connectivity index is 2.13. The Hall–Kier alpha value is -2.37. The van der Waals surface area contributed by atoms with Gasteiger partial charge < -0.3 is 15.2 Å². The number of anilines is 1. The molecule has 0 aliphatic heterocycles. The maximum atomic E-state index is 11.8. The van der Waals surface area contributed by atoms with E-state index in [1.807, 2.05) is 13.0 Å². The zero-order valence-electron chi connectivity index (χ0n) is 11.2. The topological polar surface area (TPSA) is 73.9 Å². The summed E-state index contributed by atoms with van der Waals surface area (Å²) < 4.78 is 0. The summed E-state index contributed by atoms with van der Waals surface area (Å²) in [5.74, 6) is 0.728. The van der Waals surface area contributed by atoms with Gasteiger partial charge in [0.15, 0.2) is 0 Å². The summed E-state index contributed by atoms with van der Waals surface area (Å²) in [4.78, 5) is 24.6. The van der Waals surface area contributed by atoms with Crippen LogP contribution in [-0.4, -0.2) is 39.9 Å². The number of hydrogen-bond donors (Lipinski definition) is 2. The minimum Gasteiger partial charge on any atom is -0.375 e. The molecule has 2 aromatic rings. The lowest BCUT2D eigenvalue weighted by Gasteiger charge is -2.14. The van der Waals surface area contributed by atoms with Crippen LogP contribution in [0.4, 0.5) is 5.69 Å². The molecular weight excluding hydrogens is 242 g/mol. The highest BCUT2D eigenvalue weighted by Gasteiger charge is 2.12. The zero-order chi connectivity index (χ0) is 13.8. The van der Waals surface area contributed by atoms with E-state index in [9.17, 15) is 4.79 Å². The Morgan fingerprint density at radius 3 is 2.79 bits per heavy atom. The van der Waals surface area contributed by atoms with E-state index in [1.54, 1.807) is 38.8 Å². The van der Waals surface area contributed by atoms with Gasteiger partial charge in [0.05, 0.1) is 6.04 Å². The molecule has 2 aromatic heterocycles. The summed E-state index contributed by atoms with van der Waals surface area (Å²) >= 11 is 0. The lowest BCUT2D eigenvalue weighted by atomic mass is 10.2. The number of nitrogens with zero attached hydrogens (tertiary/aromatic N) is 3. The quantitative estimate of drug-likeness (QED) is 0.876. The van der Waals surface area contributed by atoms with Gasteiger partial charge in [-0.3, -0.25) is 9.78 Å². The molecule has 0 saturated carbocycles. The molecule has 100 valence electrons. The summed E-state index contributed by atoms with van der Waals surface area (Å²) in [5.41, 5.74) is 1.26. The van der Waals surface area contributed by atoms with E-state index in [0.717, 1.165) is 11.5 Å². The molecule has 0 saturated heterocycles. The van der Waals surface area contributed by atoms with E-state index in [1.165, 1.54) is 4.90 Å². The van der Waals surface area contributed by atoms with Crippen molar-refractivity contribution in [1.29, 1.82) is 0 Å². The van der Waals surface area contributed by atoms with Crippen LogP contribution in [0.15, 0.2) is 30.7 Å². The number of aromatic amines is 1. The number of carbonyl (C=O) groups is 1. The highest BCUT2D eigenvalue weighted by Crippen LogP contribution is 2.16. The minimum absolute atomic E-state index is 0.0275. The van der Waals surface area contributed by atoms with Gasteiger partial charge in [0.2, 0.25) is 0 Å². The average Bonchev–Trinajstić information content (AvgIpc) is 2.92. The van der Waals surface area contributed by atoms with E-state index in [0.29, 0.717) is 5.69 Å². The number of amides is 1. The monoisotopic (exact) mass is 259 g/mol. The molecule has 0 radical (unpaired) electrons. The fourth-order valence-electron chi connectivity index (χ4n) is 1.70. The molecule has 19 heavy (non-hydrogen) atoms. The van der Waals surface area contributed by atoms with Crippen LogP contribution in [0.2, 0.25) is 0 Å². The fraction of sp³-hybridized carbons (Fsp3) is 0.308. The molecule has 0 spiro atoms. The van der Waals surface area contributed by atoms with E-state index < -0.39 is 0 Å². The van der Waals surface area contributed by atoms with E-state index in [-0.39, 0.29) is 11.9 Å². The van der Waals surface area contributed by atoms with Crippen molar-refractivity contribution >= 4 is 11.6 Å². The first-order valence-corrected chi connectivity index (χ1v) is 6.01. The van der Waals surface area contributed by atoms with Crippen LogP contribution in [0.25, 0.3) is 0 Å². The molecule has 6 nitrogen and oxygen atoms in total. The van der Waals surface area contributed by atoms with Crippen LogP contribution in [-0.2, 0) is 0 Å². The molecule has 2 N–H and O–H groups in total. The summed E-state index contributed by atoms with van der Waals surface area (Å²) in [5, 5.41) is 3.27. The number of nitrogens with one attached hydrogen (secondary N) is 2. The third kappa shape index (κ3) is 3.09. The average molecular weight is 259 g/mol. The second kappa shape index (κ2) is 5.51. The van der Waals surface area contributed by atoms with Gasteiger partial charge in [-0.15, -0.1) is 0 Å². The van der Waals surface area contributed by atoms with Gasteiger partial charge in [-0.25, -0.2) is 4.98 Å². The molecular formula is C13H17N5O. The summed E-state index contributed by atoms with van der Waals surface area (Å²) in [6.07, 6.45) is 5.11. The third-order valence-corrected chi connectivity index (χ3v) is 2.70. The Morgan fingerprint density at radius 1 is 1.37 bits per heavy atom. The number of pyridine rings is 1. The van der Waals surface area contributed by atoms with Crippen molar-refractivity contribution in [1.82, 2.24) is 19.9 Å².